The molecule has 8 heteroatoms. The van der Waals surface area contributed by atoms with E-state index in [1.165, 1.54) is 23.3 Å². The Balaban J connectivity index is 1.82. The molecular weight excluding hydrogens is 484 g/mol. The van der Waals surface area contributed by atoms with Crippen molar-refractivity contribution in [1.82, 2.24) is 5.32 Å². The summed E-state index contributed by atoms with van der Waals surface area (Å²) in [5, 5.41) is 6.52. The third-order valence-corrected chi connectivity index (χ3v) is 7.52. The molecule has 0 bridgehead atoms. The number of ether oxygens (including phenoxy) is 1. The Hall–Kier alpha value is -1.77. The fraction of sp³-hybridized carbons (Fsp3) is 0.409. The van der Waals surface area contributed by atoms with E-state index in [4.69, 9.17) is 17.0 Å². The Labute approximate surface area is 194 Å². The van der Waals surface area contributed by atoms with E-state index in [2.05, 4.69) is 47.3 Å². The van der Waals surface area contributed by atoms with Gasteiger partial charge in [0.25, 0.3) is 5.91 Å². The predicted molar refractivity (Wildman–Crippen MR) is 128 cm³/mol. The average molecular weight is 509 g/mol. The summed E-state index contributed by atoms with van der Waals surface area (Å²) in [6, 6.07) is 7.11. The second-order valence-electron chi connectivity index (χ2n) is 8.39. The van der Waals surface area contributed by atoms with Gasteiger partial charge in [0.15, 0.2) is 5.11 Å². The van der Waals surface area contributed by atoms with Crippen LogP contribution in [0.25, 0.3) is 0 Å². The van der Waals surface area contributed by atoms with Crippen molar-refractivity contribution >= 4 is 61.5 Å². The van der Waals surface area contributed by atoms with Crippen molar-refractivity contribution < 1.29 is 14.3 Å². The smallest absolute Gasteiger partial charge is 0.341 e. The minimum absolute atomic E-state index is 0.145. The summed E-state index contributed by atoms with van der Waals surface area (Å²) in [4.78, 5) is 26.2. The van der Waals surface area contributed by atoms with Crippen molar-refractivity contribution in [2.24, 2.45) is 11.3 Å². The Bertz CT molecular complexity index is 995. The highest BCUT2D eigenvalue weighted by atomic mass is 79.9. The number of carbonyl (C=O) groups is 2. The molecular formula is C22H25BrN2O3S2. The number of carbonyl (C=O) groups excluding carboxylic acids is 2. The molecule has 1 aromatic carbocycles. The molecule has 2 aromatic rings. The van der Waals surface area contributed by atoms with Crippen LogP contribution in [-0.4, -0.2) is 24.1 Å². The van der Waals surface area contributed by atoms with Gasteiger partial charge in [-0.05, 0) is 76.4 Å². The summed E-state index contributed by atoms with van der Waals surface area (Å²) in [5.41, 5.74) is 2.25. The highest BCUT2D eigenvalue weighted by Crippen LogP contribution is 2.44. The second kappa shape index (κ2) is 9.16. The Morgan fingerprint density at radius 2 is 1.97 bits per heavy atom. The van der Waals surface area contributed by atoms with Crippen molar-refractivity contribution in [1.29, 1.82) is 0 Å². The maximum absolute atomic E-state index is 12.5. The number of thiocarbonyl (C=S) groups is 1. The molecule has 1 atom stereocenters. The third kappa shape index (κ3) is 4.92. The number of anilines is 1. The lowest BCUT2D eigenvalue weighted by Crippen LogP contribution is -2.34. The van der Waals surface area contributed by atoms with Crippen LogP contribution in [0.1, 0.15) is 58.3 Å². The minimum atomic E-state index is -0.385. The number of thiophene rings is 1. The summed E-state index contributed by atoms with van der Waals surface area (Å²) in [6.07, 6.45) is 2.78. The zero-order valence-corrected chi connectivity index (χ0v) is 20.6. The van der Waals surface area contributed by atoms with Crippen LogP contribution < -0.4 is 10.6 Å². The number of halogens is 1. The topological polar surface area (TPSA) is 67.4 Å². The molecule has 1 amide bonds. The Morgan fingerprint density at radius 3 is 2.60 bits per heavy atom. The Kier molecular flexibility index (Phi) is 6.99. The van der Waals surface area contributed by atoms with Gasteiger partial charge in [0, 0.05) is 9.35 Å². The molecule has 30 heavy (non-hydrogen) atoms. The van der Waals surface area contributed by atoms with Crippen molar-refractivity contribution in [3.63, 3.8) is 0 Å². The predicted octanol–water partition coefficient (Wildman–Crippen LogP) is 5.58. The van der Waals surface area contributed by atoms with E-state index in [9.17, 15) is 9.59 Å². The number of esters is 1. The lowest BCUT2D eigenvalue weighted by molar-refractivity contribution is 0.0600. The molecule has 1 unspecified atom stereocenters. The Morgan fingerprint density at radius 1 is 1.27 bits per heavy atom. The average Bonchev–Trinajstić information content (AvgIpc) is 3.03. The zero-order valence-electron chi connectivity index (χ0n) is 17.4. The van der Waals surface area contributed by atoms with Gasteiger partial charge in [0.05, 0.1) is 18.2 Å². The monoisotopic (exact) mass is 508 g/mol. The lowest BCUT2D eigenvalue weighted by atomic mass is 9.72. The van der Waals surface area contributed by atoms with Gasteiger partial charge in [0.1, 0.15) is 5.00 Å². The fourth-order valence-electron chi connectivity index (χ4n) is 3.68. The highest BCUT2D eigenvalue weighted by molar-refractivity contribution is 9.10. The minimum Gasteiger partial charge on any atom is -0.465 e. The quantitative estimate of drug-likeness (QED) is 0.418. The van der Waals surface area contributed by atoms with E-state index in [0.29, 0.717) is 26.5 Å². The summed E-state index contributed by atoms with van der Waals surface area (Å²) in [6.45, 7) is 6.76. The van der Waals surface area contributed by atoms with Crippen LogP contribution in [0.15, 0.2) is 28.7 Å². The first-order chi connectivity index (χ1) is 14.1. The van der Waals surface area contributed by atoms with Gasteiger partial charge in [-0.25, -0.2) is 4.79 Å². The molecule has 1 aromatic heterocycles. The lowest BCUT2D eigenvalue weighted by Gasteiger charge is -2.33. The number of hydrogen-bond donors (Lipinski definition) is 2. The molecule has 1 aliphatic rings. The first-order valence-corrected chi connectivity index (χ1v) is 11.7. The molecule has 0 saturated carbocycles. The largest absolute Gasteiger partial charge is 0.465 e. The second-order valence-corrected chi connectivity index (χ2v) is 10.8. The maximum atomic E-state index is 12.5. The molecule has 5 nitrogen and oxygen atoms in total. The van der Waals surface area contributed by atoms with Gasteiger partial charge < -0.3 is 10.1 Å². The number of benzene rings is 1. The van der Waals surface area contributed by atoms with Crippen LogP contribution in [0.2, 0.25) is 0 Å². The normalized spacial score (nSPS) is 15.8. The molecule has 1 aliphatic carbocycles. The maximum Gasteiger partial charge on any atom is 0.341 e. The number of methoxy groups -OCH3 is 1. The molecule has 0 spiro atoms. The summed E-state index contributed by atoms with van der Waals surface area (Å²) in [7, 11) is 1.38. The molecule has 0 fully saturated rings. The van der Waals surface area contributed by atoms with Gasteiger partial charge >= 0.3 is 5.97 Å². The van der Waals surface area contributed by atoms with Gasteiger partial charge in [-0.2, -0.15) is 0 Å². The molecule has 2 N–H and O–H groups in total. The zero-order chi connectivity index (χ0) is 22.1. The molecule has 0 aliphatic heterocycles. The number of hydrogen-bond acceptors (Lipinski definition) is 5. The molecule has 3 rings (SSSR count). The number of rotatable bonds is 3. The summed E-state index contributed by atoms with van der Waals surface area (Å²) >= 11 is 10.2. The number of nitrogens with one attached hydrogen (secondary N) is 2. The SMILES string of the molecule is COC(=O)c1c(NC(=S)NC(=O)c2ccccc2Br)sc2c1CCC(C(C)(C)C)C2. The van der Waals surface area contributed by atoms with Crippen LogP contribution in [0.4, 0.5) is 5.00 Å². The van der Waals surface area contributed by atoms with Crippen molar-refractivity contribution in [3.05, 3.63) is 50.3 Å². The summed E-state index contributed by atoms with van der Waals surface area (Å²) < 4.78 is 5.71. The number of fused-ring (bicyclic) bond motifs is 1. The third-order valence-electron chi connectivity index (χ3n) is 5.45. The van der Waals surface area contributed by atoms with Crippen molar-refractivity contribution in [2.75, 3.05) is 12.4 Å². The van der Waals surface area contributed by atoms with Crippen LogP contribution >= 0.6 is 39.5 Å². The van der Waals surface area contributed by atoms with E-state index in [-0.39, 0.29) is 22.4 Å². The van der Waals surface area contributed by atoms with Gasteiger partial charge in [-0.1, -0.05) is 32.9 Å². The van der Waals surface area contributed by atoms with Crippen molar-refractivity contribution in [2.45, 2.75) is 40.0 Å². The van der Waals surface area contributed by atoms with E-state index < -0.39 is 0 Å². The van der Waals surface area contributed by atoms with Crippen LogP contribution in [-0.2, 0) is 17.6 Å². The fourth-order valence-corrected chi connectivity index (χ4v) is 5.73. The molecule has 0 radical (unpaired) electrons. The molecule has 0 saturated heterocycles. The van der Waals surface area contributed by atoms with Crippen LogP contribution in [0.3, 0.4) is 0 Å². The van der Waals surface area contributed by atoms with E-state index in [0.717, 1.165) is 24.8 Å². The first-order valence-electron chi connectivity index (χ1n) is 9.71. The van der Waals surface area contributed by atoms with E-state index in [1.54, 1.807) is 18.2 Å². The standard InChI is InChI=1S/C22H25BrN2O3S2/c1-22(2,3)12-9-10-14-16(11-12)30-19(17(14)20(27)28-4)25-21(29)24-18(26)13-7-5-6-8-15(13)23/h5-8,12H,9-11H2,1-4H3,(H2,24,25,26,29). The van der Waals surface area contributed by atoms with Crippen molar-refractivity contribution in [3.8, 4) is 0 Å². The van der Waals surface area contributed by atoms with Gasteiger partial charge in [-0.15, -0.1) is 11.3 Å². The van der Waals surface area contributed by atoms with E-state index in [1.807, 2.05) is 6.07 Å². The number of amides is 1. The highest BCUT2D eigenvalue weighted by Gasteiger charge is 2.34. The van der Waals surface area contributed by atoms with Crippen LogP contribution in [0.5, 0.6) is 0 Å². The van der Waals surface area contributed by atoms with Gasteiger partial charge in [-0.3, -0.25) is 10.1 Å². The molecule has 1 heterocycles. The first kappa shape index (κ1) is 22.9. The van der Waals surface area contributed by atoms with Crippen LogP contribution in [0, 0.1) is 11.3 Å². The summed E-state index contributed by atoms with van der Waals surface area (Å²) in [5.74, 6) is -0.165. The van der Waals surface area contributed by atoms with Gasteiger partial charge in [0.2, 0.25) is 0 Å². The van der Waals surface area contributed by atoms with E-state index >= 15 is 0 Å². The molecule has 160 valence electrons.